The van der Waals surface area contributed by atoms with E-state index in [-0.39, 0.29) is 12.5 Å². The summed E-state index contributed by atoms with van der Waals surface area (Å²) in [6, 6.07) is 3.62. The van der Waals surface area contributed by atoms with E-state index in [4.69, 9.17) is 5.11 Å². The SMILES string of the molecule is O=C(NCC1CCCC1C(=O)O)c1c(O)cccc1F. The predicted molar refractivity (Wildman–Crippen MR) is 68.9 cm³/mol. The van der Waals surface area contributed by atoms with Crippen LogP contribution >= 0.6 is 0 Å². The molecule has 0 radical (unpaired) electrons. The zero-order chi connectivity index (χ0) is 14.7. The monoisotopic (exact) mass is 281 g/mol. The van der Waals surface area contributed by atoms with Gasteiger partial charge in [0.2, 0.25) is 0 Å². The molecular weight excluding hydrogens is 265 g/mol. The van der Waals surface area contributed by atoms with Crippen molar-refractivity contribution in [2.24, 2.45) is 11.8 Å². The molecule has 1 amide bonds. The molecule has 2 unspecified atom stereocenters. The summed E-state index contributed by atoms with van der Waals surface area (Å²) in [7, 11) is 0. The van der Waals surface area contributed by atoms with E-state index in [1.807, 2.05) is 0 Å². The lowest BCUT2D eigenvalue weighted by atomic mass is 9.96. The molecule has 0 spiro atoms. The fourth-order valence-electron chi connectivity index (χ4n) is 2.66. The van der Waals surface area contributed by atoms with E-state index in [1.165, 1.54) is 12.1 Å². The number of hydrogen-bond acceptors (Lipinski definition) is 3. The zero-order valence-electron chi connectivity index (χ0n) is 10.8. The molecule has 5 nitrogen and oxygen atoms in total. The Kier molecular flexibility index (Phi) is 4.22. The van der Waals surface area contributed by atoms with Gasteiger partial charge in [-0.25, -0.2) is 4.39 Å². The highest BCUT2D eigenvalue weighted by Gasteiger charge is 2.33. The van der Waals surface area contributed by atoms with Crippen LogP contribution in [0.25, 0.3) is 0 Å². The molecule has 1 aliphatic carbocycles. The summed E-state index contributed by atoms with van der Waals surface area (Å²) < 4.78 is 13.5. The van der Waals surface area contributed by atoms with Crippen molar-refractivity contribution in [3.05, 3.63) is 29.6 Å². The molecule has 20 heavy (non-hydrogen) atoms. The van der Waals surface area contributed by atoms with Crippen molar-refractivity contribution in [3.63, 3.8) is 0 Å². The van der Waals surface area contributed by atoms with Gasteiger partial charge in [0.15, 0.2) is 0 Å². The maximum Gasteiger partial charge on any atom is 0.306 e. The number of nitrogens with one attached hydrogen (secondary N) is 1. The number of aromatic hydroxyl groups is 1. The molecule has 0 aliphatic heterocycles. The number of carbonyl (C=O) groups is 2. The Morgan fingerprint density at radius 1 is 1.35 bits per heavy atom. The molecule has 2 atom stereocenters. The summed E-state index contributed by atoms with van der Waals surface area (Å²) in [6.07, 6.45) is 2.13. The van der Waals surface area contributed by atoms with E-state index in [9.17, 15) is 19.1 Å². The molecule has 1 aromatic carbocycles. The molecule has 1 aliphatic rings. The van der Waals surface area contributed by atoms with Crippen molar-refractivity contribution in [2.75, 3.05) is 6.54 Å². The van der Waals surface area contributed by atoms with Crippen LogP contribution in [0.4, 0.5) is 4.39 Å². The minimum absolute atomic E-state index is 0.148. The van der Waals surface area contributed by atoms with Crippen molar-refractivity contribution < 1.29 is 24.2 Å². The molecule has 1 fully saturated rings. The Morgan fingerprint density at radius 2 is 2.10 bits per heavy atom. The summed E-state index contributed by atoms with van der Waals surface area (Å²) in [5.41, 5.74) is -0.405. The highest BCUT2D eigenvalue weighted by molar-refractivity contribution is 5.97. The van der Waals surface area contributed by atoms with E-state index in [0.717, 1.165) is 18.9 Å². The number of aliphatic carboxylic acids is 1. The van der Waals surface area contributed by atoms with Gasteiger partial charge < -0.3 is 15.5 Å². The Hall–Kier alpha value is -2.11. The molecule has 0 bridgehead atoms. The normalized spacial score (nSPS) is 21.6. The average molecular weight is 281 g/mol. The lowest BCUT2D eigenvalue weighted by Crippen LogP contribution is -2.33. The Balaban J connectivity index is 2.01. The Morgan fingerprint density at radius 3 is 2.75 bits per heavy atom. The molecule has 3 N–H and O–H groups in total. The van der Waals surface area contributed by atoms with Gasteiger partial charge in [-0.1, -0.05) is 12.5 Å². The van der Waals surface area contributed by atoms with Gasteiger partial charge in [0.05, 0.1) is 5.92 Å². The molecule has 6 heteroatoms. The van der Waals surface area contributed by atoms with Crippen molar-refractivity contribution >= 4 is 11.9 Å². The van der Waals surface area contributed by atoms with E-state index < -0.39 is 34.9 Å². The minimum Gasteiger partial charge on any atom is -0.507 e. The standard InChI is InChI=1S/C14H16FNO4/c15-10-5-2-6-11(17)12(10)13(18)16-7-8-3-1-4-9(8)14(19)20/h2,5-6,8-9,17H,1,3-4,7H2,(H,16,18)(H,19,20). The number of carboxylic acids is 1. The highest BCUT2D eigenvalue weighted by atomic mass is 19.1. The van der Waals surface area contributed by atoms with E-state index in [0.29, 0.717) is 6.42 Å². The van der Waals surface area contributed by atoms with Crippen LogP contribution in [-0.2, 0) is 4.79 Å². The van der Waals surface area contributed by atoms with Crippen LogP contribution in [0.5, 0.6) is 5.75 Å². The molecule has 1 aromatic rings. The van der Waals surface area contributed by atoms with Gasteiger partial charge in [0, 0.05) is 6.54 Å². The first kappa shape index (κ1) is 14.3. The maximum absolute atomic E-state index is 13.5. The van der Waals surface area contributed by atoms with Crippen LogP contribution in [0.15, 0.2) is 18.2 Å². The topological polar surface area (TPSA) is 86.6 Å². The third-order valence-corrected chi connectivity index (χ3v) is 3.72. The van der Waals surface area contributed by atoms with Crippen LogP contribution in [0.3, 0.4) is 0 Å². The summed E-state index contributed by atoms with van der Waals surface area (Å²) in [4.78, 5) is 22.9. The first-order valence-corrected chi connectivity index (χ1v) is 6.49. The number of phenols is 1. The number of carbonyl (C=O) groups excluding carboxylic acids is 1. The van der Waals surface area contributed by atoms with Crippen LogP contribution in [0.1, 0.15) is 29.6 Å². The van der Waals surface area contributed by atoms with E-state index in [2.05, 4.69) is 5.32 Å². The lowest BCUT2D eigenvalue weighted by Gasteiger charge is -2.16. The molecule has 0 heterocycles. The molecular formula is C14H16FNO4. The second-order valence-electron chi connectivity index (χ2n) is 4.98. The third kappa shape index (κ3) is 2.89. The Bertz CT molecular complexity index is 512. The van der Waals surface area contributed by atoms with Crippen LogP contribution in [0, 0.1) is 17.7 Å². The van der Waals surface area contributed by atoms with Crippen molar-refractivity contribution in [1.82, 2.24) is 5.32 Å². The fourth-order valence-corrected chi connectivity index (χ4v) is 2.66. The number of rotatable bonds is 4. The third-order valence-electron chi connectivity index (χ3n) is 3.72. The van der Waals surface area contributed by atoms with Gasteiger partial charge in [0.25, 0.3) is 5.91 Å². The quantitative estimate of drug-likeness (QED) is 0.785. The Labute approximate surface area is 115 Å². The van der Waals surface area contributed by atoms with Crippen LogP contribution in [0.2, 0.25) is 0 Å². The predicted octanol–water partition coefficient (Wildman–Crippen LogP) is 1.76. The average Bonchev–Trinajstić information content (AvgIpc) is 2.84. The minimum atomic E-state index is -0.865. The van der Waals surface area contributed by atoms with Crippen molar-refractivity contribution in [3.8, 4) is 5.75 Å². The van der Waals surface area contributed by atoms with Gasteiger partial charge >= 0.3 is 5.97 Å². The second kappa shape index (κ2) is 5.90. The molecule has 0 aromatic heterocycles. The highest BCUT2D eigenvalue weighted by Crippen LogP contribution is 2.31. The smallest absolute Gasteiger partial charge is 0.306 e. The molecule has 0 saturated heterocycles. The largest absolute Gasteiger partial charge is 0.507 e. The molecule has 1 saturated carbocycles. The molecule has 108 valence electrons. The van der Waals surface area contributed by atoms with E-state index in [1.54, 1.807) is 0 Å². The van der Waals surface area contributed by atoms with Crippen LogP contribution in [-0.4, -0.2) is 28.6 Å². The maximum atomic E-state index is 13.5. The number of carboxylic acid groups (broad SMARTS) is 1. The fraction of sp³-hybridized carbons (Fsp3) is 0.429. The first-order chi connectivity index (χ1) is 9.50. The molecule has 2 rings (SSSR count). The summed E-state index contributed by atoms with van der Waals surface area (Å²) in [6.45, 7) is 0.170. The van der Waals surface area contributed by atoms with Crippen molar-refractivity contribution in [1.29, 1.82) is 0 Å². The summed E-state index contributed by atoms with van der Waals surface area (Å²) >= 11 is 0. The summed E-state index contributed by atoms with van der Waals surface area (Å²) in [5, 5.41) is 21.0. The summed E-state index contributed by atoms with van der Waals surface area (Å²) in [5.74, 6) is -3.44. The first-order valence-electron chi connectivity index (χ1n) is 6.49. The second-order valence-corrected chi connectivity index (χ2v) is 4.98. The van der Waals surface area contributed by atoms with Gasteiger partial charge in [0.1, 0.15) is 17.1 Å². The van der Waals surface area contributed by atoms with Crippen molar-refractivity contribution in [2.45, 2.75) is 19.3 Å². The van der Waals surface area contributed by atoms with Gasteiger partial charge in [-0.3, -0.25) is 9.59 Å². The van der Waals surface area contributed by atoms with Gasteiger partial charge in [-0.2, -0.15) is 0 Å². The number of halogens is 1. The van der Waals surface area contributed by atoms with E-state index >= 15 is 0 Å². The van der Waals surface area contributed by atoms with Crippen LogP contribution < -0.4 is 5.32 Å². The lowest BCUT2D eigenvalue weighted by molar-refractivity contribution is -0.142. The zero-order valence-corrected chi connectivity index (χ0v) is 10.8. The van der Waals surface area contributed by atoms with Gasteiger partial charge in [-0.15, -0.1) is 0 Å². The number of phenolic OH excluding ortho intramolecular Hbond substituents is 1. The number of hydrogen-bond donors (Lipinski definition) is 3. The van der Waals surface area contributed by atoms with Gasteiger partial charge in [-0.05, 0) is 30.9 Å². The number of benzene rings is 1. The number of amides is 1.